The van der Waals surface area contributed by atoms with E-state index in [4.69, 9.17) is 19.4 Å². The fourth-order valence-corrected chi connectivity index (χ4v) is 4.82. The summed E-state index contributed by atoms with van der Waals surface area (Å²) in [5.41, 5.74) is 1.13. The van der Waals surface area contributed by atoms with Crippen molar-refractivity contribution < 1.29 is 27.8 Å². The topological polar surface area (TPSA) is 93.1 Å². The molecular weight excluding hydrogens is 394 g/mol. The van der Waals surface area contributed by atoms with E-state index >= 15 is 0 Å². The monoisotopic (exact) mass is 421 g/mol. The summed E-state index contributed by atoms with van der Waals surface area (Å²) in [7, 11) is 0.0495. The number of sulfone groups is 1. The predicted molar refractivity (Wildman–Crippen MR) is 111 cm³/mol. The molecule has 8 heteroatoms. The standard InChI is InChI=1S/C20H25NO4S.CH2O2/c1-24-19-10-6-9-18(20(19)25-2)16-11-12-21(15-16)13-14-26(22,23)17-7-4-3-5-8-17;2-1-3/h3-10,16H,11-15H2,1-2H3;1H,(H,2,3). The lowest BCUT2D eigenvalue weighted by Gasteiger charge is -2.19. The number of ether oxygens (including phenoxy) is 2. The molecular formula is C21H27NO6S. The van der Waals surface area contributed by atoms with Crippen molar-refractivity contribution in [3.63, 3.8) is 0 Å². The first-order valence-corrected chi connectivity index (χ1v) is 10.9. The van der Waals surface area contributed by atoms with Gasteiger partial charge in [-0.05, 0) is 31.2 Å². The first-order chi connectivity index (χ1) is 14.0. The number of methoxy groups -OCH3 is 2. The SMILES string of the molecule is COc1cccc(C2CCN(CCS(=O)(=O)c3ccccc3)C2)c1OC.O=CO. The number of likely N-dealkylation sites (tertiary alicyclic amines) is 1. The number of hydrogen-bond acceptors (Lipinski definition) is 6. The summed E-state index contributed by atoms with van der Waals surface area (Å²) < 4.78 is 35.9. The highest BCUT2D eigenvalue weighted by atomic mass is 32.2. The predicted octanol–water partition coefficient (Wildman–Crippen LogP) is 2.67. The molecule has 2 aromatic carbocycles. The van der Waals surface area contributed by atoms with Crippen LogP contribution in [0.5, 0.6) is 11.5 Å². The number of rotatable bonds is 7. The van der Waals surface area contributed by atoms with E-state index in [1.165, 1.54) is 0 Å². The Morgan fingerprint density at radius 3 is 2.41 bits per heavy atom. The lowest BCUT2D eigenvalue weighted by Crippen LogP contribution is -2.27. The van der Waals surface area contributed by atoms with Crippen LogP contribution in [0, 0.1) is 0 Å². The van der Waals surface area contributed by atoms with E-state index in [1.807, 2.05) is 18.2 Å². The summed E-state index contributed by atoms with van der Waals surface area (Å²) >= 11 is 0. The van der Waals surface area contributed by atoms with Gasteiger partial charge in [0.2, 0.25) is 0 Å². The molecule has 1 N–H and O–H groups in total. The van der Waals surface area contributed by atoms with Crippen molar-refractivity contribution in [2.45, 2.75) is 17.2 Å². The maximum absolute atomic E-state index is 12.5. The van der Waals surface area contributed by atoms with Crippen molar-refractivity contribution in [3.8, 4) is 11.5 Å². The van der Waals surface area contributed by atoms with Crippen LogP contribution in [-0.2, 0) is 14.6 Å². The van der Waals surface area contributed by atoms with E-state index in [1.54, 1.807) is 38.5 Å². The average Bonchev–Trinajstić information content (AvgIpc) is 3.22. The summed E-state index contributed by atoms with van der Waals surface area (Å²) in [6, 6.07) is 14.6. The van der Waals surface area contributed by atoms with Gasteiger partial charge in [-0.15, -0.1) is 0 Å². The highest BCUT2D eigenvalue weighted by Gasteiger charge is 2.28. The third-order valence-electron chi connectivity index (χ3n) is 4.92. The molecule has 2 aromatic rings. The Labute approximate surface area is 171 Å². The fourth-order valence-electron chi connectivity index (χ4n) is 3.52. The molecule has 29 heavy (non-hydrogen) atoms. The molecule has 1 aliphatic rings. The lowest BCUT2D eigenvalue weighted by molar-refractivity contribution is -0.122. The van der Waals surface area contributed by atoms with Crippen LogP contribution in [0.1, 0.15) is 17.9 Å². The normalized spacial score (nSPS) is 16.6. The summed E-state index contributed by atoms with van der Waals surface area (Å²) in [5, 5.41) is 6.89. The Hall–Kier alpha value is -2.58. The van der Waals surface area contributed by atoms with Gasteiger partial charge in [-0.1, -0.05) is 30.3 Å². The van der Waals surface area contributed by atoms with Crippen molar-refractivity contribution in [1.29, 1.82) is 0 Å². The minimum Gasteiger partial charge on any atom is -0.493 e. The first kappa shape index (κ1) is 22.7. The van der Waals surface area contributed by atoms with Gasteiger partial charge in [-0.2, -0.15) is 0 Å². The van der Waals surface area contributed by atoms with E-state index in [0.29, 0.717) is 17.4 Å². The van der Waals surface area contributed by atoms with Crippen LogP contribution in [0.2, 0.25) is 0 Å². The minimum atomic E-state index is -3.24. The molecule has 158 valence electrons. The largest absolute Gasteiger partial charge is 0.493 e. The van der Waals surface area contributed by atoms with Gasteiger partial charge >= 0.3 is 0 Å². The molecule has 1 fully saturated rings. The van der Waals surface area contributed by atoms with Gasteiger partial charge in [0.15, 0.2) is 21.3 Å². The Kier molecular flexibility index (Phi) is 8.48. The number of carbonyl (C=O) groups is 1. The molecule has 1 aliphatic heterocycles. The second-order valence-corrected chi connectivity index (χ2v) is 8.72. The molecule has 0 bridgehead atoms. The molecule has 1 atom stereocenters. The Morgan fingerprint density at radius 1 is 1.10 bits per heavy atom. The summed E-state index contributed by atoms with van der Waals surface area (Å²) in [6.07, 6.45) is 0.981. The molecule has 1 saturated heterocycles. The molecule has 0 amide bonds. The third kappa shape index (κ3) is 5.95. The molecule has 0 aromatic heterocycles. The smallest absolute Gasteiger partial charge is 0.290 e. The van der Waals surface area contributed by atoms with E-state index in [0.717, 1.165) is 36.6 Å². The fraction of sp³-hybridized carbons (Fsp3) is 0.381. The molecule has 1 heterocycles. The molecule has 7 nitrogen and oxygen atoms in total. The minimum absolute atomic E-state index is 0.138. The van der Waals surface area contributed by atoms with E-state index in [-0.39, 0.29) is 12.2 Å². The van der Waals surface area contributed by atoms with Crippen molar-refractivity contribution in [1.82, 2.24) is 4.90 Å². The third-order valence-corrected chi connectivity index (χ3v) is 6.63. The Bertz CT molecular complexity index is 885. The van der Waals surface area contributed by atoms with Crippen molar-refractivity contribution >= 4 is 16.3 Å². The molecule has 0 saturated carbocycles. The van der Waals surface area contributed by atoms with Crippen molar-refractivity contribution in [3.05, 3.63) is 54.1 Å². The maximum Gasteiger partial charge on any atom is 0.290 e. The van der Waals surface area contributed by atoms with Gasteiger partial charge < -0.3 is 19.5 Å². The summed E-state index contributed by atoms with van der Waals surface area (Å²) in [6.45, 7) is 2.00. The van der Waals surface area contributed by atoms with Gasteiger partial charge in [0.05, 0.1) is 24.9 Å². The second-order valence-electron chi connectivity index (χ2n) is 6.61. The molecule has 1 unspecified atom stereocenters. The zero-order valence-electron chi connectivity index (χ0n) is 16.7. The van der Waals surface area contributed by atoms with Crippen molar-refractivity contribution in [2.75, 3.05) is 39.6 Å². The second kappa shape index (κ2) is 10.8. The van der Waals surface area contributed by atoms with Gasteiger partial charge in [-0.25, -0.2) is 8.42 Å². The molecule has 3 rings (SSSR count). The molecule has 0 aliphatic carbocycles. The maximum atomic E-state index is 12.5. The Balaban J connectivity index is 0.000000941. The Morgan fingerprint density at radius 2 is 1.79 bits per heavy atom. The first-order valence-electron chi connectivity index (χ1n) is 9.25. The van der Waals surface area contributed by atoms with E-state index in [2.05, 4.69) is 11.0 Å². The molecule has 0 spiro atoms. The van der Waals surface area contributed by atoms with Crippen LogP contribution in [0.3, 0.4) is 0 Å². The van der Waals surface area contributed by atoms with Gasteiger partial charge in [0, 0.05) is 24.6 Å². The highest BCUT2D eigenvalue weighted by Crippen LogP contribution is 2.39. The number of para-hydroxylation sites is 1. The number of carboxylic acid groups (broad SMARTS) is 1. The average molecular weight is 422 g/mol. The van der Waals surface area contributed by atoms with E-state index < -0.39 is 9.84 Å². The summed E-state index contributed by atoms with van der Waals surface area (Å²) in [4.78, 5) is 11.0. The quantitative estimate of drug-likeness (QED) is 0.687. The van der Waals surface area contributed by atoms with Gasteiger partial charge in [0.1, 0.15) is 0 Å². The van der Waals surface area contributed by atoms with Gasteiger partial charge in [-0.3, -0.25) is 4.79 Å². The number of nitrogens with zero attached hydrogens (tertiary/aromatic N) is 1. The molecule has 0 radical (unpaired) electrons. The highest BCUT2D eigenvalue weighted by molar-refractivity contribution is 7.91. The van der Waals surface area contributed by atoms with Crippen molar-refractivity contribution in [2.24, 2.45) is 0 Å². The van der Waals surface area contributed by atoms with Crippen LogP contribution < -0.4 is 9.47 Å². The summed E-state index contributed by atoms with van der Waals surface area (Å²) in [5.74, 6) is 1.97. The van der Waals surface area contributed by atoms with Crippen LogP contribution >= 0.6 is 0 Å². The zero-order chi connectivity index (χ0) is 21.3. The van der Waals surface area contributed by atoms with E-state index in [9.17, 15) is 8.42 Å². The van der Waals surface area contributed by atoms with Crippen LogP contribution in [0.4, 0.5) is 0 Å². The lowest BCUT2D eigenvalue weighted by atomic mass is 9.97. The number of hydrogen-bond donors (Lipinski definition) is 1. The zero-order valence-corrected chi connectivity index (χ0v) is 17.5. The number of benzene rings is 2. The van der Waals surface area contributed by atoms with Gasteiger partial charge in [0.25, 0.3) is 6.47 Å². The van der Waals surface area contributed by atoms with Crippen LogP contribution in [0.15, 0.2) is 53.4 Å². The van der Waals surface area contributed by atoms with Crippen LogP contribution in [0.25, 0.3) is 0 Å². The van der Waals surface area contributed by atoms with Crippen LogP contribution in [-0.4, -0.2) is 64.5 Å².